The van der Waals surface area contributed by atoms with Gasteiger partial charge in [-0.05, 0) is 25.5 Å². The van der Waals surface area contributed by atoms with E-state index in [2.05, 4.69) is 5.32 Å². The van der Waals surface area contributed by atoms with E-state index in [4.69, 9.17) is 11.5 Å². The van der Waals surface area contributed by atoms with E-state index in [0.717, 1.165) is 0 Å². The van der Waals surface area contributed by atoms with Gasteiger partial charge >= 0.3 is 0 Å². The highest BCUT2D eigenvalue weighted by molar-refractivity contribution is 5.96. The van der Waals surface area contributed by atoms with E-state index in [9.17, 15) is 9.59 Å². The first-order valence-electron chi connectivity index (χ1n) is 5.74. The molecule has 0 heterocycles. The fraction of sp³-hybridized carbons (Fsp3) is 0.385. The second-order valence-corrected chi connectivity index (χ2v) is 4.84. The van der Waals surface area contributed by atoms with Gasteiger partial charge in [0.2, 0.25) is 11.8 Å². The minimum absolute atomic E-state index is 0.0967. The lowest BCUT2D eigenvalue weighted by Crippen LogP contribution is -2.37. The first-order valence-corrected chi connectivity index (χ1v) is 5.74. The summed E-state index contributed by atoms with van der Waals surface area (Å²) in [6.45, 7) is 3.77. The Morgan fingerprint density at radius 2 is 1.89 bits per heavy atom. The molecule has 2 amide bonds. The maximum atomic E-state index is 12.0. The van der Waals surface area contributed by atoms with Crippen LogP contribution in [0.5, 0.6) is 0 Å². The van der Waals surface area contributed by atoms with E-state index >= 15 is 0 Å². The number of nitrogens with two attached hydrogens (primary N) is 2. The Labute approximate surface area is 107 Å². The van der Waals surface area contributed by atoms with Crippen LogP contribution in [0.4, 0.5) is 5.69 Å². The van der Waals surface area contributed by atoms with Gasteiger partial charge in [0.25, 0.3) is 0 Å². The second kappa shape index (κ2) is 5.64. The smallest absolute Gasteiger partial charge is 0.231 e. The number of carbonyl (C=O) groups is 2. The van der Waals surface area contributed by atoms with Gasteiger partial charge in [0.1, 0.15) is 0 Å². The highest BCUT2D eigenvalue weighted by Crippen LogP contribution is 2.20. The van der Waals surface area contributed by atoms with Crippen LogP contribution in [0.25, 0.3) is 0 Å². The number of hydrogen-bond acceptors (Lipinski definition) is 3. The van der Waals surface area contributed by atoms with Crippen LogP contribution in [-0.4, -0.2) is 18.4 Å². The Balaban J connectivity index is 2.91. The van der Waals surface area contributed by atoms with Crippen LogP contribution >= 0.6 is 0 Å². The van der Waals surface area contributed by atoms with Gasteiger partial charge in [-0.15, -0.1) is 0 Å². The van der Waals surface area contributed by atoms with Crippen molar-refractivity contribution in [3.8, 4) is 0 Å². The number of para-hydroxylation sites is 1. The van der Waals surface area contributed by atoms with Crippen LogP contribution in [-0.2, 0) is 16.0 Å². The third-order valence-electron chi connectivity index (χ3n) is 2.76. The molecule has 98 valence electrons. The van der Waals surface area contributed by atoms with E-state index in [1.165, 1.54) is 0 Å². The van der Waals surface area contributed by atoms with Gasteiger partial charge in [0.15, 0.2) is 0 Å². The summed E-state index contributed by atoms with van der Waals surface area (Å²) in [6.07, 6.45) is 0.0967. The van der Waals surface area contributed by atoms with E-state index in [-0.39, 0.29) is 18.9 Å². The number of carbonyl (C=O) groups excluding carboxylic acids is 2. The lowest BCUT2D eigenvalue weighted by molar-refractivity contribution is -0.123. The summed E-state index contributed by atoms with van der Waals surface area (Å²) in [5.41, 5.74) is 11.4. The quantitative estimate of drug-likeness (QED) is 0.714. The summed E-state index contributed by atoms with van der Waals surface area (Å²) in [6, 6.07) is 7.08. The second-order valence-electron chi connectivity index (χ2n) is 4.84. The van der Waals surface area contributed by atoms with Crippen LogP contribution in [0.2, 0.25) is 0 Å². The Morgan fingerprint density at radius 3 is 2.44 bits per heavy atom. The highest BCUT2D eigenvalue weighted by Gasteiger charge is 2.26. The van der Waals surface area contributed by atoms with Crippen molar-refractivity contribution in [3.63, 3.8) is 0 Å². The maximum absolute atomic E-state index is 12.0. The molecule has 0 aromatic heterocycles. The normalized spacial score (nSPS) is 11.1. The van der Waals surface area contributed by atoms with E-state index in [1.54, 1.807) is 38.1 Å². The molecule has 0 unspecified atom stereocenters. The number of hydrogen-bond donors (Lipinski definition) is 3. The standard InChI is InChI=1S/C13H19N3O2/c1-13(2,8-14)12(18)16-10-6-4-3-5-9(10)7-11(15)17/h3-6H,7-8,14H2,1-2H3,(H2,15,17)(H,16,18). The zero-order valence-corrected chi connectivity index (χ0v) is 10.7. The van der Waals surface area contributed by atoms with Crippen LogP contribution in [0.3, 0.4) is 0 Å². The van der Waals surface area contributed by atoms with Crippen molar-refractivity contribution in [1.82, 2.24) is 0 Å². The van der Waals surface area contributed by atoms with Gasteiger partial charge in [-0.1, -0.05) is 18.2 Å². The maximum Gasteiger partial charge on any atom is 0.231 e. The number of rotatable bonds is 5. The zero-order valence-electron chi connectivity index (χ0n) is 10.7. The monoisotopic (exact) mass is 249 g/mol. The number of anilines is 1. The van der Waals surface area contributed by atoms with Crippen molar-refractivity contribution in [3.05, 3.63) is 29.8 Å². The van der Waals surface area contributed by atoms with Gasteiger partial charge in [-0.25, -0.2) is 0 Å². The van der Waals surface area contributed by atoms with Crippen molar-refractivity contribution in [2.75, 3.05) is 11.9 Å². The van der Waals surface area contributed by atoms with Crippen molar-refractivity contribution >= 4 is 17.5 Å². The zero-order chi connectivity index (χ0) is 13.8. The van der Waals surface area contributed by atoms with Crippen molar-refractivity contribution in [2.45, 2.75) is 20.3 Å². The number of primary amides is 1. The summed E-state index contributed by atoms with van der Waals surface area (Å²) in [5, 5.41) is 2.78. The fourth-order valence-electron chi connectivity index (χ4n) is 1.37. The predicted molar refractivity (Wildman–Crippen MR) is 70.8 cm³/mol. The fourth-order valence-corrected chi connectivity index (χ4v) is 1.37. The Kier molecular flexibility index (Phi) is 4.44. The molecule has 0 saturated heterocycles. The molecule has 5 N–H and O–H groups in total. The Bertz CT molecular complexity index is 455. The van der Waals surface area contributed by atoms with E-state index in [0.29, 0.717) is 11.3 Å². The van der Waals surface area contributed by atoms with Gasteiger partial charge in [0.05, 0.1) is 11.8 Å². The number of benzene rings is 1. The third-order valence-corrected chi connectivity index (χ3v) is 2.76. The lowest BCUT2D eigenvalue weighted by atomic mass is 9.92. The molecule has 1 aromatic rings. The van der Waals surface area contributed by atoms with Crippen molar-refractivity contribution in [1.29, 1.82) is 0 Å². The average molecular weight is 249 g/mol. The molecule has 18 heavy (non-hydrogen) atoms. The Morgan fingerprint density at radius 1 is 1.28 bits per heavy atom. The minimum atomic E-state index is -0.653. The van der Waals surface area contributed by atoms with Crippen molar-refractivity contribution < 1.29 is 9.59 Å². The van der Waals surface area contributed by atoms with E-state index < -0.39 is 11.3 Å². The molecule has 5 nitrogen and oxygen atoms in total. The van der Waals surface area contributed by atoms with Gasteiger partial charge in [-0.3, -0.25) is 9.59 Å². The number of nitrogens with one attached hydrogen (secondary N) is 1. The summed E-state index contributed by atoms with van der Waals surface area (Å²) in [5.74, 6) is -0.614. The molecule has 0 aliphatic heterocycles. The molecule has 0 fully saturated rings. The molecule has 0 radical (unpaired) electrons. The first kappa shape index (κ1) is 14.2. The Hall–Kier alpha value is -1.88. The molecular weight excluding hydrogens is 230 g/mol. The lowest BCUT2D eigenvalue weighted by Gasteiger charge is -2.22. The molecule has 0 aliphatic rings. The third kappa shape index (κ3) is 3.56. The minimum Gasteiger partial charge on any atom is -0.369 e. The molecule has 0 spiro atoms. The molecule has 0 aliphatic carbocycles. The van der Waals surface area contributed by atoms with Crippen molar-refractivity contribution in [2.24, 2.45) is 16.9 Å². The highest BCUT2D eigenvalue weighted by atomic mass is 16.2. The van der Waals surface area contributed by atoms with Gasteiger partial charge in [0, 0.05) is 12.2 Å². The molecule has 5 heteroatoms. The summed E-state index contributed by atoms with van der Waals surface area (Å²) in [7, 11) is 0. The van der Waals surface area contributed by atoms with Crippen LogP contribution in [0, 0.1) is 5.41 Å². The summed E-state index contributed by atoms with van der Waals surface area (Å²) < 4.78 is 0. The van der Waals surface area contributed by atoms with Gasteiger partial charge < -0.3 is 16.8 Å². The topological polar surface area (TPSA) is 98.2 Å². The molecule has 1 aromatic carbocycles. The number of amides is 2. The largest absolute Gasteiger partial charge is 0.369 e. The summed E-state index contributed by atoms with van der Waals surface area (Å²) in [4.78, 5) is 22.9. The molecular formula is C13H19N3O2. The summed E-state index contributed by atoms with van der Waals surface area (Å²) >= 11 is 0. The van der Waals surface area contributed by atoms with E-state index in [1.807, 2.05) is 0 Å². The molecule has 0 bridgehead atoms. The van der Waals surface area contributed by atoms with Gasteiger partial charge in [-0.2, -0.15) is 0 Å². The first-order chi connectivity index (χ1) is 8.36. The van der Waals surface area contributed by atoms with Crippen LogP contribution in [0.1, 0.15) is 19.4 Å². The van der Waals surface area contributed by atoms with Crippen LogP contribution in [0.15, 0.2) is 24.3 Å². The molecule has 0 atom stereocenters. The average Bonchev–Trinajstić information content (AvgIpc) is 2.31. The molecule has 0 saturated carbocycles. The SMILES string of the molecule is CC(C)(CN)C(=O)Nc1ccccc1CC(N)=O. The van der Waals surface area contributed by atoms with Crippen LogP contribution < -0.4 is 16.8 Å². The molecule has 1 rings (SSSR count). The predicted octanol–water partition coefficient (Wildman–Crippen LogP) is 0.638.